The molecule has 7 heteroatoms. The Kier molecular flexibility index (Phi) is 4.43. The van der Waals surface area contributed by atoms with Crippen LogP contribution in [0.2, 0.25) is 0 Å². The second kappa shape index (κ2) is 7.28. The van der Waals surface area contributed by atoms with Crippen LogP contribution in [0.1, 0.15) is 12.0 Å². The third-order valence-corrected chi connectivity index (χ3v) is 5.29. The molecule has 3 aromatic carbocycles. The fraction of sp³-hybridized carbons (Fsp3) is 0.0417. The lowest BCUT2D eigenvalue weighted by atomic mass is 9.99. The van der Waals surface area contributed by atoms with E-state index in [0.717, 1.165) is 9.95 Å². The number of nitrogens with one attached hydrogen (secondary N) is 1. The smallest absolute Gasteiger partial charge is 0.306 e. The van der Waals surface area contributed by atoms with Crippen LogP contribution in [0.25, 0.3) is 38.5 Å². The van der Waals surface area contributed by atoms with Crippen LogP contribution in [0, 0.1) is 0 Å². The van der Waals surface area contributed by atoms with E-state index in [0.29, 0.717) is 22.2 Å². The average Bonchev–Trinajstić information content (AvgIpc) is 2.79. The van der Waals surface area contributed by atoms with Gasteiger partial charge in [-0.2, -0.15) is 0 Å². The first-order valence-electron chi connectivity index (χ1n) is 9.54. The number of hydrogen-bond donors (Lipinski definition) is 1. The molecule has 0 aliphatic heterocycles. The Bertz CT molecular complexity index is 1570. The van der Waals surface area contributed by atoms with Gasteiger partial charge in [-0.15, -0.1) is 0 Å². The van der Waals surface area contributed by atoms with E-state index >= 15 is 0 Å². The normalized spacial score (nSPS) is 11.5. The number of nitrogens with zero attached hydrogens (tertiary/aromatic N) is 2. The molecule has 0 radical (unpaired) electrons. The topological polar surface area (TPSA) is 67.8 Å². The summed E-state index contributed by atoms with van der Waals surface area (Å²) in [5.74, 6) is 0. The fourth-order valence-electron chi connectivity index (χ4n) is 3.83. The van der Waals surface area contributed by atoms with Crippen molar-refractivity contribution in [2.75, 3.05) is 0 Å². The molecule has 5 nitrogen and oxygen atoms in total. The van der Waals surface area contributed by atoms with Crippen molar-refractivity contribution in [1.82, 2.24) is 14.5 Å². The van der Waals surface area contributed by atoms with Gasteiger partial charge in [-0.05, 0) is 23.3 Å². The van der Waals surface area contributed by atoms with Gasteiger partial charge in [0.15, 0.2) is 0 Å². The molecule has 0 saturated heterocycles. The van der Waals surface area contributed by atoms with Gasteiger partial charge >= 0.3 is 5.69 Å². The van der Waals surface area contributed by atoms with Gasteiger partial charge in [-0.25, -0.2) is 18.1 Å². The number of aromatic nitrogens is 3. The van der Waals surface area contributed by atoms with Crippen molar-refractivity contribution in [3.63, 3.8) is 0 Å². The lowest BCUT2D eigenvalue weighted by molar-refractivity contribution is 0.152. The minimum atomic E-state index is -2.64. The predicted octanol–water partition coefficient (Wildman–Crippen LogP) is 4.83. The Morgan fingerprint density at radius 3 is 2.48 bits per heavy atom. The second-order valence-electron chi connectivity index (χ2n) is 7.10. The lowest BCUT2D eigenvalue weighted by Crippen LogP contribution is -2.33. The first kappa shape index (κ1) is 18.9. The molecule has 0 amide bonds. The third kappa shape index (κ3) is 3.11. The molecule has 0 aliphatic carbocycles. The lowest BCUT2D eigenvalue weighted by Gasteiger charge is -2.11. The summed E-state index contributed by atoms with van der Waals surface area (Å²) >= 11 is 0. The molecule has 0 bridgehead atoms. The van der Waals surface area contributed by atoms with Gasteiger partial charge in [0, 0.05) is 22.5 Å². The highest BCUT2D eigenvalue weighted by atomic mass is 19.3. The highest BCUT2D eigenvalue weighted by molar-refractivity contribution is 5.90. The largest absolute Gasteiger partial charge is 0.333 e. The van der Waals surface area contributed by atoms with E-state index in [-0.39, 0.29) is 16.5 Å². The molecule has 0 fully saturated rings. The molecular formula is C24H15F2N3O2. The van der Waals surface area contributed by atoms with Crippen molar-refractivity contribution >= 4 is 21.7 Å². The van der Waals surface area contributed by atoms with Crippen molar-refractivity contribution in [3.05, 3.63) is 106 Å². The molecule has 152 valence electrons. The van der Waals surface area contributed by atoms with E-state index in [9.17, 15) is 18.4 Å². The average molecular weight is 415 g/mol. The summed E-state index contributed by atoms with van der Waals surface area (Å²) in [5.41, 5.74) is 0.241. The Labute approximate surface area is 174 Å². The second-order valence-corrected chi connectivity index (χ2v) is 7.10. The summed E-state index contributed by atoms with van der Waals surface area (Å²) < 4.78 is 27.9. The number of hydrogen-bond acceptors (Lipinski definition) is 3. The van der Waals surface area contributed by atoms with Crippen LogP contribution in [0.4, 0.5) is 8.78 Å². The summed E-state index contributed by atoms with van der Waals surface area (Å²) in [7, 11) is 0. The number of fused-ring (bicyclic) bond motifs is 2. The monoisotopic (exact) mass is 415 g/mol. The van der Waals surface area contributed by atoms with Crippen LogP contribution in [-0.2, 0) is 0 Å². The zero-order valence-electron chi connectivity index (χ0n) is 16.0. The summed E-state index contributed by atoms with van der Waals surface area (Å²) in [4.78, 5) is 33.0. The first-order chi connectivity index (χ1) is 15.0. The number of pyridine rings is 1. The fourth-order valence-corrected chi connectivity index (χ4v) is 3.83. The molecule has 5 rings (SSSR count). The van der Waals surface area contributed by atoms with Crippen LogP contribution in [-0.4, -0.2) is 14.5 Å². The van der Waals surface area contributed by atoms with Gasteiger partial charge in [0.2, 0.25) is 0 Å². The van der Waals surface area contributed by atoms with Crippen molar-refractivity contribution in [2.45, 2.75) is 6.43 Å². The molecule has 0 atom stereocenters. The van der Waals surface area contributed by atoms with Crippen molar-refractivity contribution < 1.29 is 8.78 Å². The molecule has 0 spiro atoms. The molecular weight excluding hydrogens is 400 g/mol. The zero-order valence-corrected chi connectivity index (χ0v) is 16.0. The highest BCUT2D eigenvalue weighted by Gasteiger charge is 2.16. The van der Waals surface area contributed by atoms with Crippen molar-refractivity contribution in [3.8, 4) is 16.8 Å². The van der Waals surface area contributed by atoms with Crippen molar-refractivity contribution in [1.29, 1.82) is 0 Å². The highest BCUT2D eigenvalue weighted by Crippen LogP contribution is 2.31. The Hall–Kier alpha value is -4.13. The standard InChI is InChI=1S/C24H15F2N3O2/c25-22(26)18-8-4-3-6-16(18)14-9-10-19-20(11-14)28-24(31)29(23(19)30)21-13-27-12-15-5-1-2-7-17(15)21/h1-13,22H,(H,28,31). The quantitative estimate of drug-likeness (QED) is 0.459. The van der Waals surface area contributed by atoms with Gasteiger partial charge < -0.3 is 4.98 Å². The molecule has 31 heavy (non-hydrogen) atoms. The number of rotatable bonds is 3. The number of halogens is 2. The maximum absolute atomic E-state index is 13.4. The molecule has 2 heterocycles. The summed E-state index contributed by atoms with van der Waals surface area (Å²) in [6.45, 7) is 0. The van der Waals surface area contributed by atoms with Crippen LogP contribution < -0.4 is 11.2 Å². The third-order valence-electron chi connectivity index (χ3n) is 5.29. The maximum atomic E-state index is 13.4. The summed E-state index contributed by atoms with van der Waals surface area (Å²) in [5, 5.41) is 1.78. The number of H-pyrrole nitrogens is 1. The van der Waals surface area contributed by atoms with E-state index in [1.54, 1.807) is 42.6 Å². The number of alkyl halides is 2. The minimum absolute atomic E-state index is 0.112. The van der Waals surface area contributed by atoms with Gasteiger partial charge in [-0.1, -0.05) is 54.6 Å². The SMILES string of the molecule is O=c1[nH]c2cc(-c3ccccc3C(F)F)ccc2c(=O)n1-c1cncc2ccccc12. The Morgan fingerprint density at radius 1 is 0.871 bits per heavy atom. The van der Waals surface area contributed by atoms with Crippen LogP contribution >= 0.6 is 0 Å². The number of benzene rings is 3. The van der Waals surface area contributed by atoms with E-state index in [1.807, 2.05) is 24.3 Å². The first-order valence-corrected chi connectivity index (χ1v) is 9.54. The zero-order chi connectivity index (χ0) is 21.5. The van der Waals surface area contributed by atoms with Crippen LogP contribution in [0.15, 0.2) is 88.7 Å². The summed E-state index contributed by atoms with van der Waals surface area (Å²) in [6.07, 6.45) is 0.488. The minimum Gasteiger partial charge on any atom is -0.306 e. The molecule has 0 saturated carbocycles. The van der Waals surface area contributed by atoms with Crippen LogP contribution in [0.3, 0.4) is 0 Å². The van der Waals surface area contributed by atoms with Gasteiger partial charge in [0.05, 0.1) is 22.8 Å². The molecule has 0 aliphatic rings. The van der Waals surface area contributed by atoms with Gasteiger partial charge in [0.25, 0.3) is 12.0 Å². The van der Waals surface area contributed by atoms with E-state index in [2.05, 4.69) is 9.97 Å². The molecule has 5 aromatic rings. The maximum Gasteiger partial charge on any atom is 0.333 e. The van der Waals surface area contributed by atoms with Gasteiger partial charge in [0.1, 0.15) is 0 Å². The van der Waals surface area contributed by atoms with E-state index < -0.39 is 17.7 Å². The molecule has 1 N–H and O–H groups in total. The van der Waals surface area contributed by atoms with E-state index in [4.69, 9.17) is 0 Å². The Morgan fingerprint density at radius 2 is 1.65 bits per heavy atom. The van der Waals surface area contributed by atoms with E-state index in [1.165, 1.54) is 12.3 Å². The van der Waals surface area contributed by atoms with Gasteiger partial charge in [-0.3, -0.25) is 9.78 Å². The Balaban J connectivity index is 1.75. The molecule has 0 unspecified atom stereocenters. The predicted molar refractivity (Wildman–Crippen MR) is 116 cm³/mol. The van der Waals surface area contributed by atoms with Crippen molar-refractivity contribution in [2.24, 2.45) is 0 Å². The summed E-state index contributed by atoms with van der Waals surface area (Å²) in [6, 6.07) is 18.2. The van der Waals surface area contributed by atoms with Crippen LogP contribution in [0.5, 0.6) is 0 Å². The number of aromatic amines is 1. The molecule has 2 aromatic heterocycles.